The Bertz CT molecular complexity index is 146. The molecule has 0 N–H and O–H groups in total. The van der Waals surface area contributed by atoms with E-state index < -0.39 is 0 Å². The van der Waals surface area contributed by atoms with Gasteiger partial charge in [0.05, 0.1) is 0 Å². The molecule has 0 radical (unpaired) electrons. The summed E-state index contributed by atoms with van der Waals surface area (Å²) in [6.07, 6.45) is 4.49. The summed E-state index contributed by atoms with van der Waals surface area (Å²) in [5, 5.41) is 0. The molecule has 0 aromatic carbocycles. The molecule has 0 aliphatic heterocycles. The molecule has 0 heterocycles. The largest absolute Gasteiger partial charge is 0.0594 e. The maximum atomic E-state index is 2.46. The Hall–Kier alpha value is 0. The van der Waals surface area contributed by atoms with Gasteiger partial charge in [0, 0.05) is 0 Å². The molecule has 0 heteroatoms. The van der Waals surface area contributed by atoms with Crippen molar-refractivity contribution in [2.24, 2.45) is 16.7 Å². The summed E-state index contributed by atoms with van der Waals surface area (Å²) < 4.78 is 0. The van der Waals surface area contributed by atoms with Crippen molar-refractivity contribution in [2.45, 2.75) is 40.0 Å². The van der Waals surface area contributed by atoms with Gasteiger partial charge in [-0.05, 0) is 36.0 Å². The second-order valence-corrected chi connectivity index (χ2v) is 4.74. The highest BCUT2D eigenvalue weighted by Gasteiger charge is 2.61. The minimum Gasteiger partial charge on any atom is -0.0594 e. The fourth-order valence-electron chi connectivity index (χ4n) is 2.72. The van der Waals surface area contributed by atoms with Crippen LogP contribution in [0.3, 0.4) is 0 Å². The predicted molar refractivity (Wildman–Crippen MR) is 39.2 cm³/mol. The zero-order valence-electron chi connectivity index (χ0n) is 6.70. The lowest BCUT2D eigenvalue weighted by atomic mass is 9.37. The van der Waals surface area contributed by atoms with Gasteiger partial charge in [0.1, 0.15) is 0 Å². The van der Waals surface area contributed by atoms with Crippen LogP contribution in [0.15, 0.2) is 0 Å². The first-order valence-electron chi connectivity index (χ1n) is 4.06. The maximum absolute atomic E-state index is 2.46. The maximum Gasteiger partial charge on any atom is -0.0246 e. The van der Waals surface area contributed by atoms with E-state index in [1.54, 1.807) is 0 Å². The van der Waals surface area contributed by atoms with E-state index in [9.17, 15) is 0 Å². The molecule has 52 valence electrons. The van der Waals surface area contributed by atoms with Crippen LogP contribution in [-0.2, 0) is 0 Å². The molecule has 2 aliphatic carbocycles. The van der Waals surface area contributed by atoms with Crippen molar-refractivity contribution in [3.8, 4) is 0 Å². The summed E-state index contributed by atoms with van der Waals surface area (Å²) in [4.78, 5) is 0. The minimum absolute atomic E-state index is 0.677. The van der Waals surface area contributed by atoms with Crippen molar-refractivity contribution in [3.63, 3.8) is 0 Å². The van der Waals surface area contributed by atoms with E-state index in [1.165, 1.54) is 19.3 Å². The van der Waals surface area contributed by atoms with Gasteiger partial charge >= 0.3 is 0 Å². The Morgan fingerprint density at radius 3 is 1.89 bits per heavy atom. The predicted octanol–water partition coefficient (Wildman–Crippen LogP) is 2.83. The third-order valence-electron chi connectivity index (χ3n) is 4.22. The Morgan fingerprint density at radius 2 is 1.89 bits per heavy atom. The van der Waals surface area contributed by atoms with Gasteiger partial charge in [-0.2, -0.15) is 0 Å². The molecule has 2 aliphatic rings. The molecule has 9 heavy (non-hydrogen) atoms. The second kappa shape index (κ2) is 1.21. The van der Waals surface area contributed by atoms with Gasteiger partial charge in [0.15, 0.2) is 0 Å². The van der Waals surface area contributed by atoms with E-state index in [-0.39, 0.29) is 0 Å². The monoisotopic (exact) mass is 124 g/mol. The summed E-state index contributed by atoms with van der Waals surface area (Å²) in [5.41, 5.74) is 1.43. The van der Waals surface area contributed by atoms with Crippen molar-refractivity contribution < 1.29 is 0 Å². The zero-order chi connectivity index (χ0) is 6.70. The molecule has 2 unspecified atom stereocenters. The Kier molecular flexibility index (Phi) is 0.774. The Morgan fingerprint density at radius 1 is 1.22 bits per heavy atom. The van der Waals surface area contributed by atoms with Gasteiger partial charge in [0.25, 0.3) is 0 Å². The van der Waals surface area contributed by atoms with Crippen LogP contribution in [0.25, 0.3) is 0 Å². The number of hydrogen-bond acceptors (Lipinski definition) is 0. The SMILES string of the molecule is CC1(C)CC2CCC21C. The highest BCUT2D eigenvalue weighted by Crippen LogP contribution is 2.70. The molecule has 0 saturated heterocycles. The number of hydrogen-bond donors (Lipinski definition) is 0. The van der Waals surface area contributed by atoms with Gasteiger partial charge in [0.2, 0.25) is 0 Å². The van der Waals surface area contributed by atoms with Crippen LogP contribution < -0.4 is 0 Å². The molecular weight excluding hydrogens is 108 g/mol. The third kappa shape index (κ3) is 0.426. The summed E-state index contributed by atoms with van der Waals surface area (Å²) in [6, 6.07) is 0. The van der Waals surface area contributed by atoms with Crippen molar-refractivity contribution >= 4 is 0 Å². The summed E-state index contributed by atoms with van der Waals surface area (Å²) >= 11 is 0. The van der Waals surface area contributed by atoms with E-state index in [0.717, 1.165) is 11.3 Å². The third-order valence-corrected chi connectivity index (χ3v) is 4.22. The van der Waals surface area contributed by atoms with Gasteiger partial charge in [-0.25, -0.2) is 0 Å². The lowest BCUT2D eigenvalue weighted by Gasteiger charge is -2.68. The van der Waals surface area contributed by atoms with Gasteiger partial charge in [-0.3, -0.25) is 0 Å². The van der Waals surface area contributed by atoms with Gasteiger partial charge in [-0.15, -0.1) is 0 Å². The molecule has 2 rings (SSSR count). The molecule has 0 nitrogen and oxygen atoms in total. The van der Waals surface area contributed by atoms with Crippen LogP contribution in [0, 0.1) is 16.7 Å². The average molecular weight is 124 g/mol. The quantitative estimate of drug-likeness (QED) is 0.466. The number of rotatable bonds is 0. The topological polar surface area (TPSA) is 0 Å². The highest BCUT2D eigenvalue weighted by atomic mass is 14.7. The molecule has 2 saturated carbocycles. The van der Waals surface area contributed by atoms with Gasteiger partial charge < -0.3 is 0 Å². The molecule has 0 spiro atoms. The molecule has 2 atom stereocenters. The summed E-state index contributed by atoms with van der Waals surface area (Å²) in [7, 11) is 0. The summed E-state index contributed by atoms with van der Waals surface area (Å²) in [6.45, 7) is 7.30. The van der Waals surface area contributed by atoms with Gasteiger partial charge in [-0.1, -0.05) is 20.8 Å². The molecule has 0 amide bonds. The van der Waals surface area contributed by atoms with Crippen molar-refractivity contribution in [2.75, 3.05) is 0 Å². The van der Waals surface area contributed by atoms with E-state index in [0.29, 0.717) is 5.41 Å². The van der Waals surface area contributed by atoms with E-state index in [1.807, 2.05) is 0 Å². The van der Waals surface area contributed by atoms with E-state index in [4.69, 9.17) is 0 Å². The Balaban J connectivity index is 2.20. The fourth-order valence-corrected chi connectivity index (χ4v) is 2.72. The van der Waals surface area contributed by atoms with Crippen molar-refractivity contribution in [3.05, 3.63) is 0 Å². The standard InChI is InChI=1S/C9H16/c1-8(2)6-7-4-5-9(7,8)3/h7H,4-6H2,1-3H3. The van der Waals surface area contributed by atoms with E-state index >= 15 is 0 Å². The van der Waals surface area contributed by atoms with Crippen LogP contribution in [0.5, 0.6) is 0 Å². The smallest absolute Gasteiger partial charge is 0.0246 e. The lowest BCUT2D eigenvalue weighted by Crippen LogP contribution is -2.59. The zero-order valence-corrected chi connectivity index (χ0v) is 6.70. The molecule has 0 bridgehead atoms. The first kappa shape index (κ1) is 5.76. The minimum atomic E-state index is 0.677. The highest BCUT2D eigenvalue weighted by molar-refractivity contribution is 5.11. The van der Waals surface area contributed by atoms with Crippen molar-refractivity contribution in [1.82, 2.24) is 0 Å². The van der Waals surface area contributed by atoms with E-state index in [2.05, 4.69) is 20.8 Å². The van der Waals surface area contributed by atoms with Crippen LogP contribution in [0.1, 0.15) is 40.0 Å². The van der Waals surface area contributed by atoms with Crippen LogP contribution in [0.4, 0.5) is 0 Å². The first-order valence-corrected chi connectivity index (χ1v) is 4.06. The van der Waals surface area contributed by atoms with Crippen LogP contribution in [-0.4, -0.2) is 0 Å². The Labute approximate surface area is 57.6 Å². The van der Waals surface area contributed by atoms with Crippen LogP contribution in [0.2, 0.25) is 0 Å². The fraction of sp³-hybridized carbons (Fsp3) is 1.00. The molecular formula is C9H16. The normalized spacial score (nSPS) is 53.0. The summed E-state index contributed by atoms with van der Waals surface area (Å²) in [5.74, 6) is 1.10. The van der Waals surface area contributed by atoms with Crippen LogP contribution >= 0.6 is 0 Å². The average Bonchev–Trinajstić information content (AvgIpc) is 1.79. The lowest BCUT2D eigenvalue weighted by molar-refractivity contribution is -0.184. The molecule has 0 aromatic rings. The van der Waals surface area contributed by atoms with Crippen molar-refractivity contribution in [1.29, 1.82) is 0 Å². The molecule has 0 aromatic heterocycles. The first-order chi connectivity index (χ1) is 4.06. The molecule has 2 fully saturated rings. The number of fused-ring (bicyclic) bond motifs is 1. The second-order valence-electron chi connectivity index (χ2n) is 4.74.